The zero-order chi connectivity index (χ0) is 14.8. The minimum atomic E-state index is -0.430. The summed E-state index contributed by atoms with van der Waals surface area (Å²) >= 11 is 0. The number of non-ortho nitro benzene ring substituents is 1. The van der Waals surface area contributed by atoms with Crippen LogP contribution >= 0.6 is 0 Å². The maximum Gasteiger partial charge on any atom is 0.270 e. The topological polar surface area (TPSA) is 124 Å². The molecule has 104 valence electrons. The van der Waals surface area contributed by atoms with E-state index >= 15 is 0 Å². The number of hydrogen-bond acceptors (Lipinski definition) is 6. The Hall–Kier alpha value is -3.29. The molecule has 21 heavy (non-hydrogen) atoms. The number of H-pyrrole nitrogens is 1. The number of hydrogen-bond donors (Lipinski definition) is 2. The van der Waals surface area contributed by atoms with Crippen LogP contribution in [-0.4, -0.2) is 25.5 Å². The molecule has 8 nitrogen and oxygen atoms in total. The molecule has 0 unspecified atom stereocenters. The normalized spacial score (nSPS) is 10.5. The molecule has 0 atom stereocenters. The Bertz CT molecular complexity index is 800. The summed E-state index contributed by atoms with van der Waals surface area (Å²) in [6.45, 7) is 0. The zero-order valence-corrected chi connectivity index (χ0v) is 10.7. The van der Waals surface area contributed by atoms with Gasteiger partial charge >= 0.3 is 0 Å². The van der Waals surface area contributed by atoms with Crippen LogP contribution in [0.3, 0.4) is 0 Å². The number of nitro benzene ring substituents is 1. The predicted octanol–water partition coefficient (Wildman–Crippen LogP) is 2.02. The third kappa shape index (κ3) is 2.41. The number of rotatable bonds is 3. The average molecular weight is 282 g/mol. The maximum atomic E-state index is 10.8. The molecular weight excluding hydrogens is 272 g/mol. The van der Waals surface area contributed by atoms with Gasteiger partial charge in [0, 0.05) is 23.4 Å². The van der Waals surface area contributed by atoms with E-state index in [0.29, 0.717) is 17.1 Å². The molecule has 0 aliphatic heterocycles. The summed E-state index contributed by atoms with van der Waals surface area (Å²) in [4.78, 5) is 10.4. The molecule has 1 aromatic heterocycles. The van der Waals surface area contributed by atoms with Crippen LogP contribution in [-0.2, 0) is 0 Å². The number of nitro groups is 1. The summed E-state index contributed by atoms with van der Waals surface area (Å²) in [5, 5.41) is 24.4. The fraction of sp³-hybridized carbons (Fsp3) is 0. The van der Waals surface area contributed by atoms with Gasteiger partial charge in [0.15, 0.2) is 0 Å². The molecule has 0 saturated carbocycles. The van der Waals surface area contributed by atoms with Gasteiger partial charge in [0.2, 0.25) is 5.82 Å². The van der Waals surface area contributed by atoms with Crippen LogP contribution in [0, 0.1) is 10.1 Å². The SMILES string of the molecule is Nc1cc(-c2cccc([N+](=O)[O-])c2)ccc1-c1nn[nH]n1. The first-order valence-electron chi connectivity index (χ1n) is 6.03. The Morgan fingerprint density at radius 3 is 2.62 bits per heavy atom. The number of aromatic amines is 1. The van der Waals surface area contributed by atoms with Crippen molar-refractivity contribution in [1.82, 2.24) is 20.6 Å². The van der Waals surface area contributed by atoms with Gasteiger partial charge in [-0.3, -0.25) is 10.1 Å². The molecule has 8 heteroatoms. The highest BCUT2D eigenvalue weighted by Gasteiger charge is 2.11. The van der Waals surface area contributed by atoms with E-state index in [9.17, 15) is 10.1 Å². The Kier molecular flexibility index (Phi) is 3.03. The molecule has 0 fully saturated rings. The molecule has 3 aromatic rings. The Balaban J connectivity index is 2.03. The highest BCUT2D eigenvalue weighted by atomic mass is 16.6. The highest BCUT2D eigenvalue weighted by Crippen LogP contribution is 2.30. The number of anilines is 1. The molecule has 0 spiro atoms. The first-order chi connectivity index (χ1) is 10.1. The van der Waals surface area contributed by atoms with Crippen molar-refractivity contribution in [2.75, 3.05) is 5.73 Å². The number of aromatic nitrogens is 4. The van der Waals surface area contributed by atoms with Crippen LogP contribution in [0.15, 0.2) is 42.5 Å². The minimum Gasteiger partial charge on any atom is -0.398 e. The van der Waals surface area contributed by atoms with Crippen molar-refractivity contribution < 1.29 is 4.92 Å². The van der Waals surface area contributed by atoms with Crippen molar-refractivity contribution in [3.63, 3.8) is 0 Å². The van der Waals surface area contributed by atoms with E-state index in [1.807, 2.05) is 0 Å². The molecular formula is C13H10N6O2. The lowest BCUT2D eigenvalue weighted by molar-refractivity contribution is -0.384. The second kappa shape index (κ2) is 5.00. The maximum absolute atomic E-state index is 10.8. The molecule has 0 radical (unpaired) electrons. The molecule has 3 N–H and O–H groups in total. The highest BCUT2D eigenvalue weighted by molar-refractivity contribution is 5.78. The fourth-order valence-electron chi connectivity index (χ4n) is 2.02. The number of nitrogen functional groups attached to an aromatic ring is 1. The molecule has 0 saturated heterocycles. The van der Waals surface area contributed by atoms with Crippen molar-refractivity contribution in [3.8, 4) is 22.5 Å². The third-order valence-corrected chi connectivity index (χ3v) is 3.03. The van der Waals surface area contributed by atoms with Crippen LogP contribution in [0.1, 0.15) is 0 Å². The largest absolute Gasteiger partial charge is 0.398 e. The molecule has 2 aromatic carbocycles. The van der Waals surface area contributed by atoms with Crippen molar-refractivity contribution in [2.24, 2.45) is 0 Å². The Morgan fingerprint density at radius 2 is 1.95 bits per heavy atom. The molecule has 1 heterocycles. The quantitative estimate of drug-likeness (QED) is 0.430. The third-order valence-electron chi connectivity index (χ3n) is 3.03. The second-order valence-electron chi connectivity index (χ2n) is 4.34. The van der Waals surface area contributed by atoms with E-state index in [2.05, 4.69) is 20.6 Å². The molecule has 0 aliphatic rings. The van der Waals surface area contributed by atoms with Crippen LogP contribution in [0.5, 0.6) is 0 Å². The van der Waals surface area contributed by atoms with Crippen LogP contribution in [0.4, 0.5) is 11.4 Å². The van der Waals surface area contributed by atoms with Crippen LogP contribution in [0.25, 0.3) is 22.5 Å². The smallest absolute Gasteiger partial charge is 0.270 e. The molecule has 0 aliphatic carbocycles. The number of nitrogens with zero attached hydrogens (tertiary/aromatic N) is 4. The van der Waals surface area contributed by atoms with Crippen LogP contribution < -0.4 is 5.73 Å². The summed E-state index contributed by atoms with van der Waals surface area (Å²) in [6.07, 6.45) is 0. The van der Waals surface area contributed by atoms with E-state index in [1.165, 1.54) is 12.1 Å². The summed E-state index contributed by atoms with van der Waals surface area (Å²) in [5.41, 5.74) is 8.65. The molecule has 0 amide bonds. The monoisotopic (exact) mass is 282 g/mol. The van der Waals surface area contributed by atoms with Gasteiger partial charge in [-0.25, -0.2) is 0 Å². The lowest BCUT2D eigenvalue weighted by Crippen LogP contribution is -1.93. The fourth-order valence-corrected chi connectivity index (χ4v) is 2.02. The van der Waals surface area contributed by atoms with Gasteiger partial charge in [-0.05, 0) is 28.5 Å². The lowest BCUT2D eigenvalue weighted by atomic mass is 10.0. The first-order valence-corrected chi connectivity index (χ1v) is 6.03. The zero-order valence-electron chi connectivity index (χ0n) is 10.7. The van der Waals surface area contributed by atoms with Gasteiger partial charge in [-0.1, -0.05) is 18.2 Å². The van der Waals surface area contributed by atoms with Crippen molar-refractivity contribution >= 4 is 11.4 Å². The average Bonchev–Trinajstić information content (AvgIpc) is 3.01. The van der Waals surface area contributed by atoms with Gasteiger partial charge in [0.05, 0.1) is 4.92 Å². The second-order valence-corrected chi connectivity index (χ2v) is 4.34. The van der Waals surface area contributed by atoms with E-state index < -0.39 is 4.92 Å². The Labute approximate surface area is 118 Å². The summed E-state index contributed by atoms with van der Waals surface area (Å²) < 4.78 is 0. The summed E-state index contributed by atoms with van der Waals surface area (Å²) in [6, 6.07) is 11.7. The van der Waals surface area contributed by atoms with Crippen LogP contribution in [0.2, 0.25) is 0 Å². The Morgan fingerprint density at radius 1 is 1.14 bits per heavy atom. The van der Waals surface area contributed by atoms with E-state index in [-0.39, 0.29) is 5.69 Å². The summed E-state index contributed by atoms with van der Waals surface area (Å²) in [5.74, 6) is 0.401. The van der Waals surface area contributed by atoms with Crippen molar-refractivity contribution in [3.05, 3.63) is 52.6 Å². The first kappa shape index (κ1) is 12.7. The molecule has 0 bridgehead atoms. The van der Waals surface area contributed by atoms with Gasteiger partial charge < -0.3 is 5.73 Å². The lowest BCUT2D eigenvalue weighted by Gasteiger charge is -2.06. The predicted molar refractivity (Wildman–Crippen MR) is 76.1 cm³/mol. The standard InChI is InChI=1S/C13H10N6O2/c14-12-7-9(4-5-11(12)13-15-17-18-16-13)8-2-1-3-10(6-8)19(20)21/h1-7H,14H2,(H,15,16,17,18). The number of tetrazole rings is 1. The van der Waals surface area contributed by atoms with E-state index in [4.69, 9.17) is 5.73 Å². The summed E-state index contributed by atoms with van der Waals surface area (Å²) in [7, 11) is 0. The minimum absolute atomic E-state index is 0.0355. The van der Waals surface area contributed by atoms with E-state index in [0.717, 1.165) is 11.1 Å². The van der Waals surface area contributed by atoms with Crippen molar-refractivity contribution in [2.45, 2.75) is 0 Å². The number of nitrogens with two attached hydrogens (primary N) is 1. The van der Waals surface area contributed by atoms with Gasteiger partial charge in [0.1, 0.15) is 0 Å². The van der Waals surface area contributed by atoms with Crippen molar-refractivity contribution in [1.29, 1.82) is 0 Å². The number of nitrogens with one attached hydrogen (secondary N) is 1. The molecule has 3 rings (SSSR count). The number of benzene rings is 2. The van der Waals surface area contributed by atoms with Gasteiger partial charge in [-0.15, -0.1) is 10.2 Å². The van der Waals surface area contributed by atoms with E-state index in [1.54, 1.807) is 30.3 Å². The van der Waals surface area contributed by atoms with Gasteiger partial charge in [0.25, 0.3) is 5.69 Å². The van der Waals surface area contributed by atoms with Gasteiger partial charge in [-0.2, -0.15) is 5.21 Å².